The molecule has 0 saturated heterocycles. The average molecular weight is 377 g/mol. The van der Waals surface area contributed by atoms with Crippen LogP contribution >= 0.6 is 0 Å². The molecule has 0 bridgehead atoms. The molecule has 0 amide bonds. The molecule has 4 nitrogen and oxygen atoms in total. The second-order valence-electron chi connectivity index (χ2n) is 10.6. The van der Waals surface area contributed by atoms with Gasteiger partial charge in [0.1, 0.15) is 5.78 Å². The number of esters is 1. The number of ketones is 1. The van der Waals surface area contributed by atoms with Crippen molar-refractivity contribution >= 4 is 11.8 Å². The number of hydrogen-bond donors (Lipinski definition) is 1. The first-order valence-corrected chi connectivity index (χ1v) is 11.0. The highest BCUT2D eigenvalue weighted by Gasteiger charge is 2.64. The van der Waals surface area contributed by atoms with E-state index >= 15 is 0 Å². The lowest BCUT2D eigenvalue weighted by atomic mass is 9.44. The summed E-state index contributed by atoms with van der Waals surface area (Å²) < 4.78 is 5.03. The quantitative estimate of drug-likeness (QED) is 0.740. The predicted octanol–water partition coefficient (Wildman–Crippen LogP) is 3.99. The molecular weight excluding hydrogens is 340 g/mol. The van der Waals surface area contributed by atoms with Gasteiger partial charge in [-0.15, -0.1) is 0 Å². The average Bonchev–Trinajstić information content (AvgIpc) is 2.97. The van der Waals surface area contributed by atoms with Crippen LogP contribution in [0.2, 0.25) is 0 Å². The molecule has 0 heterocycles. The van der Waals surface area contributed by atoms with Gasteiger partial charge in [-0.1, -0.05) is 20.8 Å². The van der Waals surface area contributed by atoms with Gasteiger partial charge in [-0.25, -0.2) is 0 Å². The zero-order valence-electron chi connectivity index (χ0n) is 17.4. The van der Waals surface area contributed by atoms with Crippen molar-refractivity contribution in [3.8, 4) is 0 Å². The van der Waals surface area contributed by atoms with Gasteiger partial charge in [-0.05, 0) is 79.4 Å². The second kappa shape index (κ2) is 6.57. The molecule has 0 radical (unpaired) electrons. The fraction of sp³-hybridized carbons (Fsp3) is 0.913. The van der Waals surface area contributed by atoms with Crippen molar-refractivity contribution in [1.29, 1.82) is 0 Å². The Kier molecular flexibility index (Phi) is 4.73. The molecule has 4 heteroatoms. The smallest absolute Gasteiger partial charge is 0.308 e. The Morgan fingerprint density at radius 3 is 2.59 bits per heavy atom. The first kappa shape index (κ1) is 19.4. The van der Waals surface area contributed by atoms with Crippen LogP contribution in [0.1, 0.15) is 72.1 Å². The molecule has 0 aliphatic heterocycles. The monoisotopic (exact) mass is 376 g/mol. The maximum absolute atomic E-state index is 13.5. The minimum atomic E-state index is -0.180. The molecule has 4 aliphatic carbocycles. The Balaban J connectivity index is 1.63. The van der Waals surface area contributed by atoms with E-state index in [0.717, 1.165) is 44.9 Å². The second-order valence-corrected chi connectivity index (χ2v) is 10.6. The molecule has 9 atom stereocenters. The SMILES string of the molecule is COC(=O)[C@@H](C)[C@H]1CC[C@H]2[C@@H]3CC[C@H]4C[C@H](O)CC[C@]4(C)[C@H]3C(=O)C[C@]12C. The normalized spacial score (nSPS) is 50.3. The summed E-state index contributed by atoms with van der Waals surface area (Å²) in [6.07, 6.45) is 7.57. The third-order valence-electron chi connectivity index (χ3n) is 9.57. The summed E-state index contributed by atoms with van der Waals surface area (Å²) in [5, 5.41) is 10.2. The van der Waals surface area contributed by atoms with E-state index in [9.17, 15) is 14.7 Å². The predicted molar refractivity (Wildman–Crippen MR) is 103 cm³/mol. The number of ether oxygens (including phenoxy) is 1. The maximum Gasteiger partial charge on any atom is 0.308 e. The van der Waals surface area contributed by atoms with Gasteiger partial charge in [-0.2, -0.15) is 0 Å². The number of carbonyl (C=O) groups is 2. The third-order valence-corrected chi connectivity index (χ3v) is 9.57. The molecule has 27 heavy (non-hydrogen) atoms. The first-order valence-electron chi connectivity index (χ1n) is 11.0. The van der Waals surface area contributed by atoms with Crippen molar-refractivity contribution in [2.24, 2.45) is 46.3 Å². The minimum absolute atomic E-state index is 0.0621. The molecule has 0 unspecified atom stereocenters. The third kappa shape index (κ3) is 2.73. The number of Topliss-reactive ketones (excluding diaryl/α,β-unsaturated/α-hetero) is 1. The Labute approximate surface area is 163 Å². The van der Waals surface area contributed by atoms with E-state index in [0.29, 0.717) is 30.0 Å². The van der Waals surface area contributed by atoms with Crippen molar-refractivity contribution in [1.82, 2.24) is 0 Å². The lowest BCUT2D eigenvalue weighted by molar-refractivity contribution is -0.165. The lowest BCUT2D eigenvalue weighted by Crippen LogP contribution is -2.58. The van der Waals surface area contributed by atoms with E-state index in [4.69, 9.17) is 4.74 Å². The Hall–Kier alpha value is -0.900. The first-order chi connectivity index (χ1) is 12.7. The van der Waals surface area contributed by atoms with Crippen LogP contribution in [-0.2, 0) is 14.3 Å². The van der Waals surface area contributed by atoms with Crippen LogP contribution in [0.15, 0.2) is 0 Å². The van der Waals surface area contributed by atoms with Gasteiger partial charge in [0.15, 0.2) is 0 Å². The molecule has 0 spiro atoms. The zero-order valence-corrected chi connectivity index (χ0v) is 17.4. The zero-order chi connectivity index (χ0) is 19.6. The molecule has 0 aromatic heterocycles. The molecule has 0 aromatic rings. The van der Waals surface area contributed by atoms with Crippen LogP contribution < -0.4 is 0 Å². The molecule has 1 N–H and O–H groups in total. The standard InChI is InChI=1S/C23H36O4/c1-13(21(26)27-4)17-7-8-18-16-6-5-14-11-15(24)9-10-22(14,2)20(16)19(25)12-23(17,18)3/h13-18,20,24H,5-12H2,1-4H3/t13-,14-,15+,16-,17+,18-,20+,22-,23+/m0/s1. The Bertz CT molecular complexity index is 630. The van der Waals surface area contributed by atoms with Crippen molar-refractivity contribution in [2.75, 3.05) is 7.11 Å². The molecule has 152 valence electrons. The Morgan fingerprint density at radius 1 is 1.15 bits per heavy atom. The maximum atomic E-state index is 13.5. The molecule has 4 rings (SSSR count). The number of carbonyl (C=O) groups excluding carboxylic acids is 2. The van der Waals surface area contributed by atoms with Gasteiger partial charge < -0.3 is 9.84 Å². The summed E-state index contributed by atoms with van der Waals surface area (Å²) in [7, 11) is 1.47. The lowest BCUT2D eigenvalue weighted by Gasteiger charge is -2.60. The number of rotatable bonds is 2. The summed E-state index contributed by atoms with van der Waals surface area (Å²) >= 11 is 0. The highest BCUT2D eigenvalue weighted by Crippen LogP contribution is 2.67. The topological polar surface area (TPSA) is 63.6 Å². The number of aliphatic hydroxyl groups excluding tert-OH is 1. The van der Waals surface area contributed by atoms with Crippen LogP contribution in [-0.4, -0.2) is 30.1 Å². The van der Waals surface area contributed by atoms with Crippen LogP contribution in [0.25, 0.3) is 0 Å². The van der Waals surface area contributed by atoms with Gasteiger partial charge in [0, 0.05) is 12.3 Å². The summed E-state index contributed by atoms with van der Waals surface area (Å²) in [6.45, 7) is 6.60. The fourth-order valence-corrected chi connectivity index (χ4v) is 8.26. The number of fused-ring (bicyclic) bond motifs is 5. The molecule has 4 fully saturated rings. The molecular formula is C23H36O4. The van der Waals surface area contributed by atoms with E-state index in [-0.39, 0.29) is 40.7 Å². The van der Waals surface area contributed by atoms with Gasteiger partial charge in [0.2, 0.25) is 0 Å². The highest BCUT2D eigenvalue weighted by molar-refractivity contribution is 5.84. The Morgan fingerprint density at radius 2 is 1.89 bits per heavy atom. The van der Waals surface area contributed by atoms with Crippen LogP contribution in [0.5, 0.6) is 0 Å². The van der Waals surface area contributed by atoms with Crippen LogP contribution in [0.4, 0.5) is 0 Å². The molecule has 4 aliphatic rings. The summed E-state index contributed by atoms with van der Waals surface area (Å²) in [6, 6.07) is 0. The fourth-order valence-electron chi connectivity index (χ4n) is 8.26. The van der Waals surface area contributed by atoms with E-state index in [1.807, 2.05) is 6.92 Å². The highest BCUT2D eigenvalue weighted by atomic mass is 16.5. The number of aliphatic hydroxyl groups is 1. The summed E-state index contributed by atoms with van der Waals surface area (Å²) in [4.78, 5) is 25.8. The van der Waals surface area contributed by atoms with Gasteiger partial charge in [0.25, 0.3) is 0 Å². The van der Waals surface area contributed by atoms with Gasteiger partial charge in [-0.3, -0.25) is 9.59 Å². The summed E-state index contributed by atoms with van der Waals surface area (Å²) in [5.74, 6) is 2.07. The van der Waals surface area contributed by atoms with Crippen molar-refractivity contribution in [3.05, 3.63) is 0 Å². The van der Waals surface area contributed by atoms with E-state index in [1.165, 1.54) is 7.11 Å². The number of methoxy groups -OCH3 is 1. The minimum Gasteiger partial charge on any atom is -0.469 e. The summed E-state index contributed by atoms with van der Waals surface area (Å²) in [5.41, 5.74) is -0.00412. The van der Waals surface area contributed by atoms with Gasteiger partial charge in [0.05, 0.1) is 19.1 Å². The van der Waals surface area contributed by atoms with E-state index < -0.39 is 0 Å². The van der Waals surface area contributed by atoms with E-state index in [1.54, 1.807) is 0 Å². The van der Waals surface area contributed by atoms with Crippen molar-refractivity contribution in [2.45, 2.75) is 78.2 Å². The largest absolute Gasteiger partial charge is 0.469 e. The van der Waals surface area contributed by atoms with Crippen molar-refractivity contribution in [3.63, 3.8) is 0 Å². The van der Waals surface area contributed by atoms with Crippen LogP contribution in [0, 0.1) is 46.3 Å². The van der Waals surface area contributed by atoms with E-state index in [2.05, 4.69) is 13.8 Å². The molecule has 0 aromatic carbocycles. The van der Waals surface area contributed by atoms with Gasteiger partial charge >= 0.3 is 5.97 Å². The van der Waals surface area contributed by atoms with Crippen molar-refractivity contribution < 1.29 is 19.4 Å². The van der Waals surface area contributed by atoms with Crippen LogP contribution in [0.3, 0.4) is 0 Å². The number of hydrogen-bond acceptors (Lipinski definition) is 4. The molecule has 4 saturated carbocycles.